The van der Waals surface area contributed by atoms with Crippen LogP contribution in [0.4, 0.5) is 0 Å². The highest BCUT2D eigenvalue weighted by Crippen LogP contribution is 2.40. The van der Waals surface area contributed by atoms with E-state index in [9.17, 15) is 19.5 Å². The summed E-state index contributed by atoms with van der Waals surface area (Å²) in [5, 5.41) is 11.6. The van der Waals surface area contributed by atoms with Crippen LogP contribution in [0.1, 0.15) is 32.6 Å². The van der Waals surface area contributed by atoms with E-state index in [1.165, 1.54) is 16.7 Å². The molecule has 0 radical (unpaired) electrons. The number of carbonyl (C=O) groups is 3. The Bertz CT molecular complexity index is 658. The molecular formula is C16H21N3O4S. The number of hydrogen-bond donors (Lipinski definition) is 3. The van der Waals surface area contributed by atoms with Gasteiger partial charge in [-0.3, -0.25) is 14.5 Å². The molecule has 2 amide bonds. The normalized spacial score (nSPS) is 27.8. The summed E-state index contributed by atoms with van der Waals surface area (Å²) < 4.78 is 0. The molecule has 2 heterocycles. The number of nitrogens with two attached hydrogens (primary N) is 1. The minimum absolute atomic E-state index is 0.0357. The fourth-order valence-corrected chi connectivity index (χ4v) is 4.62. The Hall–Kier alpha value is -1.80. The van der Waals surface area contributed by atoms with Gasteiger partial charge in [0.2, 0.25) is 5.91 Å². The minimum atomic E-state index is -1.11. The standard InChI is InChI=1S/C16H21N3O4S/c1-8-7-24-15-11(14(21)19(15)12(8)16(22)23)18-13(20)10(17)9-5-3-2-4-6-9/h5,10-11,15H,2-4,6-7,17H2,1H3,(H,18,20)(H,22,23). The number of hydrogen-bond acceptors (Lipinski definition) is 5. The van der Waals surface area contributed by atoms with E-state index in [2.05, 4.69) is 5.32 Å². The highest BCUT2D eigenvalue weighted by Gasteiger charge is 2.53. The number of β-lactam (4-membered cyclic amide) rings is 1. The van der Waals surface area contributed by atoms with Crippen LogP contribution in [0.3, 0.4) is 0 Å². The highest BCUT2D eigenvalue weighted by atomic mass is 32.2. The molecule has 24 heavy (non-hydrogen) atoms. The lowest BCUT2D eigenvalue weighted by Crippen LogP contribution is -2.71. The van der Waals surface area contributed by atoms with Gasteiger partial charge in [-0.25, -0.2) is 4.79 Å². The Morgan fingerprint density at radius 2 is 2.21 bits per heavy atom. The van der Waals surface area contributed by atoms with Crippen LogP contribution in [-0.4, -0.2) is 51.0 Å². The molecule has 3 atom stereocenters. The molecule has 3 rings (SSSR count). The van der Waals surface area contributed by atoms with E-state index in [4.69, 9.17) is 5.73 Å². The maximum atomic E-state index is 12.4. The number of rotatable bonds is 4. The van der Waals surface area contributed by atoms with Gasteiger partial charge in [0.15, 0.2) is 0 Å². The Balaban J connectivity index is 1.68. The summed E-state index contributed by atoms with van der Waals surface area (Å²) in [5.74, 6) is -1.34. The van der Waals surface area contributed by atoms with Crippen molar-refractivity contribution in [1.29, 1.82) is 0 Å². The van der Waals surface area contributed by atoms with Gasteiger partial charge in [-0.15, -0.1) is 11.8 Å². The van der Waals surface area contributed by atoms with E-state index < -0.39 is 18.1 Å². The van der Waals surface area contributed by atoms with Gasteiger partial charge >= 0.3 is 5.97 Å². The van der Waals surface area contributed by atoms with Crippen molar-refractivity contribution in [3.63, 3.8) is 0 Å². The van der Waals surface area contributed by atoms with Crippen LogP contribution >= 0.6 is 11.8 Å². The van der Waals surface area contributed by atoms with Gasteiger partial charge in [0.1, 0.15) is 23.2 Å². The molecule has 4 N–H and O–H groups in total. The molecular weight excluding hydrogens is 330 g/mol. The highest BCUT2D eigenvalue weighted by molar-refractivity contribution is 8.00. The lowest BCUT2D eigenvalue weighted by Gasteiger charge is -2.49. The molecule has 3 aliphatic rings. The number of amides is 2. The first-order valence-corrected chi connectivity index (χ1v) is 9.09. The predicted molar refractivity (Wildman–Crippen MR) is 89.9 cm³/mol. The van der Waals surface area contributed by atoms with E-state index in [-0.39, 0.29) is 22.9 Å². The van der Waals surface area contributed by atoms with Crippen LogP contribution in [0.2, 0.25) is 0 Å². The van der Waals surface area contributed by atoms with Crippen molar-refractivity contribution in [3.05, 3.63) is 22.9 Å². The molecule has 0 spiro atoms. The maximum Gasteiger partial charge on any atom is 0.352 e. The smallest absolute Gasteiger partial charge is 0.352 e. The summed E-state index contributed by atoms with van der Waals surface area (Å²) in [4.78, 5) is 37.3. The Kier molecular flexibility index (Phi) is 4.69. The first-order chi connectivity index (χ1) is 11.4. The van der Waals surface area contributed by atoms with Gasteiger partial charge in [-0.05, 0) is 43.8 Å². The van der Waals surface area contributed by atoms with Crippen LogP contribution in [0.15, 0.2) is 22.9 Å². The molecule has 3 unspecified atom stereocenters. The zero-order chi connectivity index (χ0) is 17.4. The molecule has 0 bridgehead atoms. The summed E-state index contributed by atoms with van der Waals surface area (Å²) in [6.45, 7) is 1.71. The summed E-state index contributed by atoms with van der Waals surface area (Å²) in [5.41, 5.74) is 7.63. The molecule has 0 aromatic carbocycles. The van der Waals surface area contributed by atoms with Crippen molar-refractivity contribution in [1.82, 2.24) is 10.2 Å². The number of carboxylic acids is 1. The van der Waals surface area contributed by atoms with Crippen molar-refractivity contribution >= 4 is 29.5 Å². The van der Waals surface area contributed by atoms with E-state index in [0.29, 0.717) is 11.3 Å². The fraction of sp³-hybridized carbons (Fsp3) is 0.562. The molecule has 8 heteroatoms. The Labute approximate surface area is 144 Å². The second kappa shape index (κ2) is 6.60. The van der Waals surface area contributed by atoms with Crippen molar-refractivity contribution < 1.29 is 19.5 Å². The number of allylic oxidation sites excluding steroid dienone is 1. The van der Waals surface area contributed by atoms with Crippen LogP contribution in [-0.2, 0) is 14.4 Å². The van der Waals surface area contributed by atoms with Crippen molar-refractivity contribution in [2.45, 2.75) is 50.1 Å². The number of fused-ring (bicyclic) bond motifs is 1. The van der Waals surface area contributed by atoms with Gasteiger partial charge in [-0.1, -0.05) is 6.08 Å². The van der Waals surface area contributed by atoms with Gasteiger partial charge in [0.05, 0.1) is 0 Å². The summed E-state index contributed by atoms with van der Waals surface area (Å²) in [6.07, 6.45) is 5.87. The Morgan fingerprint density at radius 3 is 2.83 bits per heavy atom. The number of thioether (sulfide) groups is 1. The van der Waals surface area contributed by atoms with Crippen molar-refractivity contribution in [2.75, 3.05) is 5.75 Å². The minimum Gasteiger partial charge on any atom is -0.477 e. The molecule has 7 nitrogen and oxygen atoms in total. The van der Waals surface area contributed by atoms with Crippen LogP contribution in [0.25, 0.3) is 0 Å². The first kappa shape index (κ1) is 17.0. The molecule has 0 aromatic rings. The predicted octanol–water partition coefficient (Wildman–Crippen LogP) is 0.573. The quantitative estimate of drug-likeness (QED) is 0.504. The van der Waals surface area contributed by atoms with Crippen molar-refractivity contribution in [3.8, 4) is 0 Å². The van der Waals surface area contributed by atoms with Crippen LogP contribution in [0.5, 0.6) is 0 Å². The second-order valence-electron chi connectivity index (χ2n) is 6.33. The van der Waals surface area contributed by atoms with E-state index in [0.717, 1.165) is 31.3 Å². The molecule has 1 saturated heterocycles. The topological polar surface area (TPSA) is 113 Å². The molecule has 0 saturated carbocycles. The Morgan fingerprint density at radius 1 is 1.46 bits per heavy atom. The second-order valence-corrected chi connectivity index (χ2v) is 7.44. The average molecular weight is 351 g/mol. The third-order valence-corrected chi connectivity index (χ3v) is 6.09. The third-order valence-electron chi connectivity index (χ3n) is 4.67. The lowest BCUT2D eigenvalue weighted by atomic mass is 9.93. The molecule has 2 aliphatic heterocycles. The number of aliphatic carboxylic acids is 1. The molecule has 130 valence electrons. The third kappa shape index (κ3) is 2.84. The van der Waals surface area contributed by atoms with Gasteiger partial charge in [-0.2, -0.15) is 0 Å². The van der Waals surface area contributed by atoms with Gasteiger partial charge in [0.25, 0.3) is 5.91 Å². The average Bonchev–Trinajstić information content (AvgIpc) is 2.59. The SMILES string of the molecule is CC1=C(C(=O)O)N2C(=O)C(NC(=O)C(N)C3=CCCCC3)C2SC1. The number of carbonyl (C=O) groups excluding carboxylic acids is 2. The van der Waals surface area contributed by atoms with E-state index in [1.54, 1.807) is 6.92 Å². The molecule has 0 aromatic heterocycles. The zero-order valence-corrected chi connectivity index (χ0v) is 14.3. The lowest BCUT2D eigenvalue weighted by molar-refractivity contribution is -0.150. The molecule has 1 fully saturated rings. The van der Waals surface area contributed by atoms with Gasteiger partial charge in [0, 0.05) is 5.75 Å². The summed E-state index contributed by atoms with van der Waals surface area (Å²) in [7, 11) is 0. The van der Waals surface area contributed by atoms with E-state index in [1.807, 2.05) is 6.08 Å². The van der Waals surface area contributed by atoms with Crippen molar-refractivity contribution in [2.24, 2.45) is 5.73 Å². The fourth-order valence-electron chi connectivity index (χ4n) is 3.33. The number of carboxylic acid groups (broad SMARTS) is 1. The van der Waals surface area contributed by atoms with Crippen LogP contribution in [0, 0.1) is 0 Å². The number of nitrogens with one attached hydrogen (secondary N) is 1. The van der Waals surface area contributed by atoms with Gasteiger partial charge < -0.3 is 16.2 Å². The monoisotopic (exact) mass is 351 g/mol. The maximum absolute atomic E-state index is 12.4. The molecule has 1 aliphatic carbocycles. The summed E-state index contributed by atoms with van der Waals surface area (Å²) >= 11 is 1.46. The van der Waals surface area contributed by atoms with Crippen LogP contribution < -0.4 is 11.1 Å². The zero-order valence-electron chi connectivity index (χ0n) is 13.4. The largest absolute Gasteiger partial charge is 0.477 e. The first-order valence-electron chi connectivity index (χ1n) is 8.04. The van der Waals surface area contributed by atoms with E-state index >= 15 is 0 Å². The number of nitrogens with zero attached hydrogens (tertiary/aromatic N) is 1. The summed E-state index contributed by atoms with van der Waals surface area (Å²) in [6, 6.07) is -1.45.